The summed E-state index contributed by atoms with van der Waals surface area (Å²) in [6.45, 7) is 8.21. The number of nitrogens with zero attached hydrogens (tertiary/aromatic N) is 2. The van der Waals surface area contributed by atoms with Crippen LogP contribution in [0.15, 0.2) is 42.5 Å². The Bertz CT molecular complexity index is 754. The summed E-state index contributed by atoms with van der Waals surface area (Å²) >= 11 is 0. The molecule has 0 aliphatic rings. The zero-order valence-corrected chi connectivity index (χ0v) is 21.0. The van der Waals surface area contributed by atoms with Crippen LogP contribution >= 0.6 is 0 Å². The fraction of sp³-hybridized carbons (Fsp3) is 0.643. The lowest BCUT2D eigenvalue weighted by molar-refractivity contribution is -0.945. The van der Waals surface area contributed by atoms with E-state index < -0.39 is 0 Å². The van der Waals surface area contributed by atoms with Crippen molar-refractivity contribution < 1.29 is 13.7 Å². The van der Waals surface area contributed by atoms with Gasteiger partial charge in [-0.05, 0) is 49.1 Å². The highest BCUT2D eigenvalue weighted by atomic mass is 16.5. The van der Waals surface area contributed by atoms with Gasteiger partial charge in [-0.2, -0.15) is 0 Å². The largest absolute Gasteiger partial charge is 0.494 e. The zero-order chi connectivity index (χ0) is 22.6. The standard InChI is InChI=1S/C28H48N2O/c1-6-29(2,3)22-23-30(4,5)21-15-11-9-7-8-10-12-16-24-31-28-20-19-26-17-13-14-18-27(26)25-28/h13-14,17-20,25H,6-12,15-16,21-24H2,1-5H3/q+2. The van der Waals surface area contributed by atoms with Gasteiger partial charge >= 0.3 is 0 Å². The molecule has 0 saturated heterocycles. The quantitative estimate of drug-likeness (QED) is 0.219. The third kappa shape index (κ3) is 10.5. The Balaban J connectivity index is 1.44. The summed E-state index contributed by atoms with van der Waals surface area (Å²) in [5, 5.41) is 2.53. The second-order valence-electron chi connectivity index (χ2n) is 10.5. The first-order chi connectivity index (χ1) is 14.8. The fourth-order valence-electron chi connectivity index (χ4n) is 3.96. The Kier molecular flexibility index (Phi) is 10.8. The van der Waals surface area contributed by atoms with Gasteiger partial charge in [-0.25, -0.2) is 0 Å². The highest BCUT2D eigenvalue weighted by molar-refractivity contribution is 5.83. The molecule has 2 aromatic rings. The Morgan fingerprint density at radius 3 is 1.87 bits per heavy atom. The summed E-state index contributed by atoms with van der Waals surface area (Å²) in [6, 6.07) is 14.8. The lowest BCUT2D eigenvalue weighted by Gasteiger charge is -2.35. The number of hydrogen-bond donors (Lipinski definition) is 0. The van der Waals surface area contributed by atoms with E-state index in [1.165, 1.54) is 86.4 Å². The Hall–Kier alpha value is -1.58. The third-order valence-corrected chi connectivity index (χ3v) is 6.81. The summed E-state index contributed by atoms with van der Waals surface area (Å²) in [7, 11) is 9.48. The van der Waals surface area contributed by atoms with Gasteiger partial charge in [0.2, 0.25) is 0 Å². The van der Waals surface area contributed by atoms with E-state index in [1.807, 2.05) is 0 Å². The van der Waals surface area contributed by atoms with Crippen LogP contribution in [0, 0.1) is 0 Å². The Labute approximate surface area is 192 Å². The second kappa shape index (κ2) is 13.1. The number of benzene rings is 2. The van der Waals surface area contributed by atoms with Crippen LogP contribution in [0.3, 0.4) is 0 Å². The van der Waals surface area contributed by atoms with Crippen LogP contribution in [0.5, 0.6) is 5.75 Å². The minimum Gasteiger partial charge on any atom is -0.494 e. The SMILES string of the molecule is CC[N+](C)(C)CC[N+](C)(C)CCCCCCCCCCOc1ccc2ccccc2c1. The summed E-state index contributed by atoms with van der Waals surface area (Å²) in [5.74, 6) is 0.997. The summed E-state index contributed by atoms with van der Waals surface area (Å²) < 4.78 is 8.25. The van der Waals surface area contributed by atoms with Crippen LogP contribution in [0.25, 0.3) is 10.8 Å². The fourth-order valence-corrected chi connectivity index (χ4v) is 3.96. The molecule has 0 heterocycles. The lowest BCUT2D eigenvalue weighted by atomic mass is 10.1. The van der Waals surface area contributed by atoms with Crippen molar-refractivity contribution in [2.75, 3.05) is 61.0 Å². The molecule has 0 spiro atoms. The molecule has 0 fully saturated rings. The normalized spacial score (nSPS) is 12.4. The number of ether oxygens (including phenoxy) is 1. The Morgan fingerprint density at radius 1 is 0.613 bits per heavy atom. The summed E-state index contributed by atoms with van der Waals surface area (Å²) in [4.78, 5) is 0. The third-order valence-electron chi connectivity index (χ3n) is 6.81. The van der Waals surface area contributed by atoms with E-state index in [-0.39, 0.29) is 0 Å². The molecule has 0 unspecified atom stereocenters. The average Bonchev–Trinajstić information content (AvgIpc) is 2.76. The lowest BCUT2D eigenvalue weighted by Crippen LogP contribution is -2.51. The van der Waals surface area contributed by atoms with E-state index in [9.17, 15) is 0 Å². The molecular formula is C28H48N2O+2. The highest BCUT2D eigenvalue weighted by Gasteiger charge is 2.20. The molecule has 0 atom stereocenters. The zero-order valence-electron chi connectivity index (χ0n) is 21.0. The maximum absolute atomic E-state index is 5.95. The molecule has 174 valence electrons. The smallest absolute Gasteiger partial charge is 0.128 e. The maximum atomic E-state index is 5.95. The molecule has 0 aliphatic carbocycles. The molecule has 2 rings (SSSR count). The van der Waals surface area contributed by atoms with Crippen LogP contribution in [-0.4, -0.2) is 69.9 Å². The van der Waals surface area contributed by atoms with Gasteiger partial charge < -0.3 is 13.7 Å². The van der Waals surface area contributed by atoms with E-state index >= 15 is 0 Å². The van der Waals surface area contributed by atoms with E-state index in [0.717, 1.165) is 23.3 Å². The number of hydrogen-bond acceptors (Lipinski definition) is 1. The molecule has 0 aliphatic heterocycles. The number of likely N-dealkylation sites (N-methyl/N-ethyl adjacent to an activating group) is 2. The monoisotopic (exact) mass is 428 g/mol. The predicted octanol–water partition coefficient (Wildman–Crippen LogP) is 6.51. The number of quaternary nitrogens is 2. The topological polar surface area (TPSA) is 9.23 Å². The molecule has 0 N–H and O–H groups in total. The van der Waals surface area contributed by atoms with Gasteiger partial charge in [0.05, 0.1) is 47.9 Å². The first kappa shape index (κ1) is 25.7. The number of fused-ring (bicyclic) bond motifs is 1. The Morgan fingerprint density at radius 2 is 1.19 bits per heavy atom. The molecule has 0 bridgehead atoms. The molecule has 0 saturated carbocycles. The van der Waals surface area contributed by atoms with Crippen LogP contribution in [0.2, 0.25) is 0 Å². The molecule has 31 heavy (non-hydrogen) atoms. The van der Waals surface area contributed by atoms with Crippen molar-refractivity contribution in [2.24, 2.45) is 0 Å². The second-order valence-corrected chi connectivity index (χ2v) is 10.5. The van der Waals surface area contributed by atoms with E-state index in [1.54, 1.807) is 0 Å². The molecule has 2 aromatic carbocycles. The van der Waals surface area contributed by atoms with Crippen molar-refractivity contribution >= 4 is 10.8 Å². The van der Waals surface area contributed by atoms with Gasteiger partial charge in [-0.15, -0.1) is 0 Å². The van der Waals surface area contributed by atoms with Crippen LogP contribution in [-0.2, 0) is 0 Å². The molecule has 0 amide bonds. The minimum absolute atomic E-state index is 0.832. The molecule has 3 heteroatoms. The van der Waals surface area contributed by atoms with Crippen molar-refractivity contribution in [1.82, 2.24) is 0 Å². The molecule has 0 radical (unpaired) electrons. The van der Waals surface area contributed by atoms with Gasteiger partial charge in [0, 0.05) is 0 Å². The van der Waals surface area contributed by atoms with Crippen LogP contribution < -0.4 is 4.74 Å². The van der Waals surface area contributed by atoms with E-state index in [4.69, 9.17) is 4.74 Å². The first-order valence-corrected chi connectivity index (χ1v) is 12.6. The summed E-state index contributed by atoms with van der Waals surface area (Å²) in [5.41, 5.74) is 0. The van der Waals surface area contributed by atoms with Crippen molar-refractivity contribution in [2.45, 2.75) is 58.3 Å². The predicted molar refractivity (Wildman–Crippen MR) is 136 cm³/mol. The van der Waals surface area contributed by atoms with Crippen LogP contribution in [0.1, 0.15) is 58.3 Å². The van der Waals surface area contributed by atoms with Gasteiger partial charge in [-0.3, -0.25) is 0 Å². The van der Waals surface area contributed by atoms with Crippen LogP contribution in [0.4, 0.5) is 0 Å². The number of rotatable bonds is 16. The minimum atomic E-state index is 0.832. The van der Waals surface area contributed by atoms with E-state index in [2.05, 4.69) is 77.6 Å². The first-order valence-electron chi connectivity index (χ1n) is 12.6. The molecule has 3 nitrogen and oxygen atoms in total. The van der Waals surface area contributed by atoms with Crippen molar-refractivity contribution in [3.8, 4) is 5.75 Å². The van der Waals surface area contributed by atoms with Crippen molar-refractivity contribution in [3.05, 3.63) is 42.5 Å². The summed E-state index contributed by atoms with van der Waals surface area (Å²) in [6.07, 6.45) is 10.7. The van der Waals surface area contributed by atoms with Crippen molar-refractivity contribution in [3.63, 3.8) is 0 Å². The van der Waals surface area contributed by atoms with Gasteiger partial charge in [-0.1, -0.05) is 62.4 Å². The highest BCUT2D eigenvalue weighted by Crippen LogP contribution is 2.21. The van der Waals surface area contributed by atoms with E-state index in [0.29, 0.717) is 0 Å². The van der Waals surface area contributed by atoms with Gasteiger partial charge in [0.1, 0.15) is 18.8 Å². The van der Waals surface area contributed by atoms with Gasteiger partial charge in [0.25, 0.3) is 0 Å². The number of unbranched alkanes of at least 4 members (excludes halogenated alkanes) is 7. The van der Waals surface area contributed by atoms with Gasteiger partial charge in [0.15, 0.2) is 0 Å². The average molecular weight is 429 g/mol. The molecule has 0 aromatic heterocycles. The maximum Gasteiger partial charge on any atom is 0.128 e. The van der Waals surface area contributed by atoms with Crippen molar-refractivity contribution in [1.29, 1.82) is 0 Å². The molecular weight excluding hydrogens is 380 g/mol.